The second-order valence-corrected chi connectivity index (χ2v) is 7.46. The van der Waals surface area contributed by atoms with Crippen molar-refractivity contribution in [3.63, 3.8) is 0 Å². The third-order valence-corrected chi connectivity index (χ3v) is 5.26. The zero-order valence-corrected chi connectivity index (χ0v) is 17.9. The topological polar surface area (TPSA) is 110 Å². The number of likely N-dealkylation sites (tertiary alicyclic amines) is 1. The standard InChI is InChI=1S/C23H21N5O4/c1-27-12-10-23(31,22(27)30)9-7-15-5-4-6-16(13-15)17-14-18(19-8-11-24-28(19)2)26-20(25-17)21(29)32-3/h4-6,8,11,13-14,31H,10,12H2,1-3H3/t23-/m0/s1. The first kappa shape index (κ1) is 21.2. The molecule has 0 saturated carbocycles. The molecule has 1 amide bonds. The number of rotatable bonds is 3. The van der Waals surface area contributed by atoms with Gasteiger partial charge in [-0.3, -0.25) is 9.48 Å². The zero-order chi connectivity index (χ0) is 22.9. The molecule has 0 spiro atoms. The van der Waals surface area contributed by atoms with Crippen LogP contribution in [0.2, 0.25) is 0 Å². The average Bonchev–Trinajstić information content (AvgIpc) is 3.35. The number of hydrogen-bond donors (Lipinski definition) is 1. The Labute approximate surface area is 184 Å². The van der Waals surface area contributed by atoms with Gasteiger partial charge in [-0.1, -0.05) is 24.0 Å². The van der Waals surface area contributed by atoms with Crippen molar-refractivity contribution in [2.75, 3.05) is 20.7 Å². The smallest absolute Gasteiger partial charge is 0.376 e. The van der Waals surface area contributed by atoms with E-state index in [-0.39, 0.29) is 12.2 Å². The van der Waals surface area contributed by atoms with Crippen molar-refractivity contribution in [3.8, 4) is 34.5 Å². The number of esters is 1. The van der Waals surface area contributed by atoms with Crippen LogP contribution in [0.25, 0.3) is 22.6 Å². The predicted molar refractivity (Wildman–Crippen MR) is 115 cm³/mol. The summed E-state index contributed by atoms with van der Waals surface area (Å²) in [5.74, 6) is 4.47. The number of carbonyl (C=O) groups excluding carboxylic acids is 2. The molecule has 3 aromatic rings. The third-order valence-electron chi connectivity index (χ3n) is 5.26. The lowest BCUT2D eigenvalue weighted by Gasteiger charge is -2.13. The van der Waals surface area contributed by atoms with Crippen molar-refractivity contribution in [1.82, 2.24) is 24.6 Å². The van der Waals surface area contributed by atoms with E-state index in [9.17, 15) is 14.7 Å². The number of likely N-dealkylation sites (N-methyl/N-ethyl adjacent to an activating group) is 1. The Morgan fingerprint density at radius 3 is 2.62 bits per heavy atom. The zero-order valence-electron chi connectivity index (χ0n) is 17.9. The minimum absolute atomic E-state index is 0.0772. The molecule has 1 saturated heterocycles. The Kier molecular flexibility index (Phi) is 5.47. The molecule has 1 aliphatic heterocycles. The van der Waals surface area contributed by atoms with Crippen LogP contribution >= 0.6 is 0 Å². The van der Waals surface area contributed by atoms with Gasteiger partial charge in [-0.15, -0.1) is 0 Å². The van der Waals surface area contributed by atoms with Gasteiger partial charge in [-0.05, 0) is 24.3 Å². The molecule has 1 atom stereocenters. The van der Waals surface area contributed by atoms with Crippen LogP contribution in [0.5, 0.6) is 0 Å². The fourth-order valence-corrected chi connectivity index (χ4v) is 3.44. The Morgan fingerprint density at radius 1 is 1.19 bits per heavy atom. The number of aromatic nitrogens is 4. The molecule has 1 aromatic carbocycles. The number of methoxy groups -OCH3 is 1. The van der Waals surface area contributed by atoms with Crippen LogP contribution in [0.15, 0.2) is 42.6 Å². The van der Waals surface area contributed by atoms with Gasteiger partial charge in [0.2, 0.25) is 11.4 Å². The monoisotopic (exact) mass is 431 g/mol. The van der Waals surface area contributed by atoms with Gasteiger partial charge in [0.05, 0.1) is 24.2 Å². The lowest BCUT2D eigenvalue weighted by atomic mass is 10.0. The predicted octanol–water partition coefficient (Wildman–Crippen LogP) is 1.28. The number of nitrogens with zero attached hydrogens (tertiary/aromatic N) is 5. The third kappa shape index (κ3) is 3.96. The van der Waals surface area contributed by atoms with Crippen LogP contribution in [0.4, 0.5) is 0 Å². The molecule has 1 aliphatic rings. The minimum Gasteiger partial charge on any atom is -0.463 e. The maximum atomic E-state index is 12.2. The Morgan fingerprint density at radius 2 is 1.97 bits per heavy atom. The van der Waals surface area contributed by atoms with Gasteiger partial charge in [0.25, 0.3) is 5.91 Å². The van der Waals surface area contributed by atoms with Gasteiger partial charge >= 0.3 is 5.97 Å². The molecule has 162 valence electrons. The van der Waals surface area contributed by atoms with E-state index in [0.717, 1.165) is 0 Å². The van der Waals surface area contributed by atoms with E-state index in [1.807, 2.05) is 6.07 Å². The number of ether oxygens (including phenoxy) is 1. The molecular formula is C23H21N5O4. The molecule has 0 bridgehead atoms. The molecular weight excluding hydrogens is 410 g/mol. The van der Waals surface area contributed by atoms with Crippen LogP contribution in [0.3, 0.4) is 0 Å². The first-order valence-electron chi connectivity index (χ1n) is 9.88. The SMILES string of the molecule is COC(=O)c1nc(-c2cccc(C#C[C@]3(O)CCN(C)C3=O)c2)cc(-c2ccnn2C)n1. The van der Waals surface area contributed by atoms with Gasteiger partial charge in [-0.2, -0.15) is 5.10 Å². The maximum Gasteiger partial charge on any atom is 0.376 e. The van der Waals surface area contributed by atoms with Crippen molar-refractivity contribution in [2.45, 2.75) is 12.0 Å². The molecule has 9 heteroatoms. The number of carbonyl (C=O) groups is 2. The summed E-state index contributed by atoms with van der Waals surface area (Å²) in [5, 5.41) is 14.7. The summed E-state index contributed by atoms with van der Waals surface area (Å²) in [7, 11) is 4.68. The van der Waals surface area contributed by atoms with Gasteiger partial charge in [-0.25, -0.2) is 14.8 Å². The molecule has 2 aromatic heterocycles. The summed E-state index contributed by atoms with van der Waals surface area (Å²) in [6.45, 7) is 0.456. The number of amides is 1. The Balaban J connectivity index is 1.75. The number of benzene rings is 1. The highest BCUT2D eigenvalue weighted by molar-refractivity contribution is 5.90. The molecule has 4 rings (SSSR count). The van der Waals surface area contributed by atoms with Crippen LogP contribution < -0.4 is 0 Å². The number of aryl methyl sites for hydroxylation is 1. The van der Waals surface area contributed by atoms with Crippen LogP contribution in [-0.2, 0) is 16.6 Å². The lowest BCUT2D eigenvalue weighted by molar-refractivity contribution is -0.137. The summed E-state index contributed by atoms with van der Waals surface area (Å²) in [5.41, 5.74) is 1.33. The normalized spacial score (nSPS) is 17.8. The molecule has 1 N–H and O–H groups in total. The first-order chi connectivity index (χ1) is 15.3. The quantitative estimate of drug-likeness (QED) is 0.491. The maximum absolute atomic E-state index is 12.2. The van der Waals surface area contributed by atoms with Gasteiger partial charge in [0.15, 0.2) is 0 Å². The highest BCUT2D eigenvalue weighted by Crippen LogP contribution is 2.25. The van der Waals surface area contributed by atoms with Gasteiger partial charge < -0.3 is 14.7 Å². The fraction of sp³-hybridized carbons (Fsp3) is 0.261. The highest BCUT2D eigenvalue weighted by Gasteiger charge is 2.42. The summed E-state index contributed by atoms with van der Waals surface area (Å²) in [6.07, 6.45) is 1.90. The van der Waals surface area contributed by atoms with E-state index in [1.54, 1.807) is 55.3 Å². The van der Waals surface area contributed by atoms with Crippen molar-refractivity contribution in [3.05, 3.63) is 54.0 Å². The first-order valence-corrected chi connectivity index (χ1v) is 9.88. The Bertz CT molecular complexity index is 1270. The molecule has 3 heterocycles. The molecule has 32 heavy (non-hydrogen) atoms. The minimum atomic E-state index is -1.68. The van der Waals surface area contributed by atoms with E-state index in [1.165, 1.54) is 12.0 Å². The number of aliphatic hydroxyl groups is 1. The van der Waals surface area contributed by atoms with Crippen LogP contribution in [-0.4, -0.2) is 67.9 Å². The fourth-order valence-electron chi connectivity index (χ4n) is 3.44. The second-order valence-electron chi connectivity index (χ2n) is 7.46. The average molecular weight is 431 g/mol. The molecule has 0 unspecified atom stereocenters. The highest BCUT2D eigenvalue weighted by atomic mass is 16.5. The van der Waals surface area contributed by atoms with Gasteiger partial charge in [0, 0.05) is 44.4 Å². The van der Waals surface area contributed by atoms with E-state index >= 15 is 0 Å². The van der Waals surface area contributed by atoms with E-state index in [4.69, 9.17) is 4.74 Å². The van der Waals surface area contributed by atoms with Crippen molar-refractivity contribution in [1.29, 1.82) is 0 Å². The molecule has 1 fully saturated rings. The molecule has 9 nitrogen and oxygen atoms in total. The van der Waals surface area contributed by atoms with Crippen molar-refractivity contribution >= 4 is 11.9 Å². The lowest BCUT2D eigenvalue weighted by Crippen LogP contribution is -2.37. The Hall–Kier alpha value is -4.03. The summed E-state index contributed by atoms with van der Waals surface area (Å²) in [6, 6.07) is 10.7. The molecule has 0 radical (unpaired) electrons. The van der Waals surface area contributed by atoms with E-state index < -0.39 is 17.5 Å². The largest absolute Gasteiger partial charge is 0.463 e. The van der Waals surface area contributed by atoms with Crippen LogP contribution in [0, 0.1) is 11.8 Å². The second kappa shape index (κ2) is 8.24. The van der Waals surface area contributed by atoms with Gasteiger partial charge in [0.1, 0.15) is 0 Å². The van der Waals surface area contributed by atoms with E-state index in [2.05, 4.69) is 26.9 Å². The number of hydrogen-bond acceptors (Lipinski definition) is 7. The summed E-state index contributed by atoms with van der Waals surface area (Å²) in [4.78, 5) is 34.4. The van der Waals surface area contributed by atoms with Crippen LogP contribution in [0.1, 0.15) is 22.6 Å². The van der Waals surface area contributed by atoms with Crippen molar-refractivity contribution < 1.29 is 19.4 Å². The summed E-state index contributed by atoms with van der Waals surface area (Å²) >= 11 is 0. The van der Waals surface area contributed by atoms with Crippen molar-refractivity contribution in [2.24, 2.45) is 7.05 Å². The molecule has 0 aliphatic carbocycles. The summed E-state index contributed by atoms with van der Waals surface area (Å²) < 4.78 is 6.45. The van der Waals surface area contributed by atoms with E-state index in [0.29, 0.717) is 34.8 Å².